The average Bonchev–Trinajstić information content (AvgIpc) is 2.47. The fourth-order valence-electron chi connectivity index (χ4n) is 1.77. The fraction of sp³-hybridized carbons (Fsp3) is 0.154. The van der Waals surface area contributed by atoms with E-state index < -0.39 is 15.8 Å². The van der Waals surface area contributed by atoms with Crippen LogP contribution in [0, 0.1) is 5.82 Å². The zero-order chi connectivity index (χ0) is 15.6. The number of rotatable bonds is 4. The molecule has 0 fully saturated rings. The number of methoxy groups -OCH3 is 1. The van der Waals surface area contributed by atoms with Gasteiger partial charge in [-0.05, 0) is 24.3 Å². The maximum Gasteiger partial charge on any atom is 0.265 e. The summed E-state index contributed by atoms with van der Waals surface area (Å²) in [5.74, 6) is -0.813. The highest BCUT2D eigenvalue weighted by molar-refractivity contribution is 7.92. The van der Waals surface area contributed by atoms with Gasteiger partial charge in [0.25, 0.3) is 10.0 Å². The predicted octanol–water partition coefficient (Wildman–Crippen LogP) is 1.64. The Morgan fingerprint density at radius 1 is 1.33 bits per heavy atom. The van der Waals surface area contributed by atoms with E-state index in [-0.39, 0.29) is 22.2 Å². The van der Waals surface area contributed by atoms with E-state index in [4.69, 9.17) is 10.5 Å². The van der Waals surface area contributed by atoms with Crippen molar-refractivity contribution in [3.05, 3.63) is 42.3 Å². The second-order valence-electron chi connectivity index (χ2n) is 4.19. The van der Waals surface area contributed by atoms with Crippen LogP contribution in [-0.2, 0) is 10.0 Å². The Labute approximate surface area is 122 Å². The average molecular weight is 311 g/mol. The van der Waals surface area contributed by atoms with Crippen LogP contribution < -0.4 is 14.8 Å². The molecular formula is C13H14FN3O3S. The van der Waals surface area contributed by atoms with E-state index in [0.717, 1.165) is 16.4 Å². The number of aromatic nitrogens is 1. The van der Waals surface area contributed by atoms with Crippen LogP contribution >= 0.6 is 0 Å². The minimum absolute atomic E-state index is 0.0921. The van der Waals surface area contributed by atoms with Crippen LogP contribution in [0.25, 0.3) is 0 Å². The molecule has 21 heavy (non-hydrogen) atoms. The standard InChI is InChI=1S/C13H14FN3O3S/c1-17(12-5-3-4-6-16-12)21(18,19)9-7-10(14)13(20-2)11(15)8-9/h3-8H,15H2,1-2H3. The summed E-state index contributed by atoms with van der Waals surface area (Å²) in [6.07, 6.45) is 1.46. The van der Waals surface area contributed by atoms with E-state index in [1.165, 1.54) is 26.4 Å². The van der Waals surface area contributed by atoms with Crippen molar-refractivity contribution in [2.75, 3.05) is 24.2 Å². The first-order valence-electron chi connectivity index (χ1n) is 5.91. The molecule has 0 spiro atoms. The van der Waals surface area contributed by atoms with Gasteiger partial charge in [0, 0.05) is 13.2 Å². The fourth-order valence-corrected chi connectivity index (χ4v) is 2.97. The molecule has 0 atom stereocenters. The second kappa shape index (κ2) is 5.57. The number of anilines is 2. The van der Waals surface area contributed by atoms with Crippen LogP contribution in [0.2, 0.25) is 0 Å². The van der Waals surface area contributed by atoms with Crippen molar-refractivity contribution >= 4 is 21.5 Å². The number of nitrogen functional groups attached to an aromatic ring is 1. The van der Waals surface area contributed by atoms with Gasteiger partial charge in [-0.25, -0.2) is 17.8 Å². The van der Waals surface area contributed by atoms with Gasteiger partial charge < -0.3 is 10.5 Å². The number of nitrogens with zero attached hydrogens (tertiary/aromatic N) is 2. The summed E-state index contributed by atoms with van der Waals surface area (Å²) in [7, 11) is -1.38. The van der Waals surface area contributed by atoms with Gasteiger partial charge in [-0.15, -0.1) is 0 Å². The molecule has 1 aromatic heterocycles. The zero-order valence-electron chi connectivity index (χ0n) is 11.4. The molecule has 0 unspecified atom stereocenters. The molecule has 0 saturated carbocycles. The highest BCUT2D eigenvalue weighted by atomic mass is 32.2. The Hall–Kier alpha value is -2.35. The molecule has 0 aliphatic rings. The van der Waals surface area contributed by atoms with Gasteiger partial charge >= 0.3 is 0 Å². The first-order valence-corrected chi connectivity index (χ1v) is 7.35. The Bertz CT molecular complexity index is 728. The third-order valence-electron chi connectivity index (χ3n) is 2.88. The molecule has 1 heterocycles. The lowest BCUT2D eigenvalue weighted by atomic mass is 10.3. The largest absolute Gasteiger partial charge is 0.492 e. The van der Waals surface area contributed by atoms with Crippen molar-refractivity contribution in [1.29, 1.82) is 0 Å². The molecule has 6 nitrogen and oxygen atoms in total. The minimum atomic E-state index is -3.97. The molecule has 112 valence electrons. The van der Waals surface area contributed by atoms with Gasteiger partial charge in [0.2, 0.25) is 0 Å². The van der Waals surface area contributed by atoms with Crippen LogP contribution in [0.3, 0.4) is 0 Å². The van der Waals surface area contributed by atoms with Gasteiger partial charge in [0.15, 0.2) is 11.6 Å². The SMILES string of the molecule is COc1c(N)cc(S(=O)(=O)N(C)c2ccccn2)cc1F. The number of halogens is 1. The lowest BCUT2D eigenvalue weighted by molar-refractivity contribution is 0.388. The van der Waals surface area contributed by atoms with Crippen LogP contribution in [0.4, 0.5) is 15.9 Å². The van der Waals surface area contributed by atoms with Crippen molar-refractivity contribution in [2.24, 2.45) is 0 Å². The predicted molar refractivity (Wildman–Crippen MR) is 77.2 cm³/mol. The van der Waals surface area contributed by atoms with E-state index in [1.807, 2.05) is 0 Å². The third kappa shape index (κ3) is 2.75. The lowest BCUT2D eigenvalue weighted by Crippen LogP contribution is -2.27. The summed E-state index contributed by atoms with van der Waals surface area (Å²) in [5.41, 5.74) is 5.51. The van der Waals surface area contributed by atoms with Crippen molar-refractivity contribution in [2.45, 2.75) is 4.90 Å². The normalized spacial score (nSPS) is 11.2. The molecule has 0 amide bonds. The van der Waals surface area contributed by atoms with Crippen molar-refractivity contribution in [1.82, 2.24) is 4.98 Å². The number of nitrogens with two attached hydrogens (primary N) is 1. The number of hydrogen-bond donors (Lipinski definition) is 1. The molecule has 0 bridgehead atoms. The molecule has 0 radical (unpaired) electrons. The zero-order valence-corrected chi connectivity index (χ0v) is 12.3. The van der Waals surface area contributed by atoms with Crippen LogP contribution in [0.15, 0.2) is 41.4 Å². The molecule has 2 N–H and O–H groups in total. The van der Waals surface area contributed by atoms with Crippen LogP contribution in [0.1, 0.15) is 0 Å². The molecule has 2 rings (SSSR count). The van der Waals surface area contributed by atoms with Gasteiger partial charge in [-0.3, -0.25) is 4.31 Å². The maximum atomic E-state index is 13.8. The van der Waals surface area contributed by atoms with E-state index in [2.05, 4.69) is 4.98 Å². The van der Waals surface area contributed by atoms with Crippen molar-refractivity contribution in [3.8, 4) is 5.75 Å². The van der Waals surface area contributed by atoms with Crippen molar-refractivity contribution in [3.63, 3.8) is 0 Å². The number of benzene rings is 1. The van der Waals surface area contributed by atoms with Crippen LogP contribution in [-0.4, -0.2) is 27.6 Å². The Kier molecular flexibility index (Phi) is 3.99. The summed E-state index contributed by atoms with van der Waals surface area (Å²) in [4.78, 5) is 3.67. The van der Waals surface area contributed by atoms with E-state index >= 15 is 0 Å². The van der Waals surface area contributed by atoms with Crippen LogP contribution in [0.5, 0.6) is 5.75 Å². The summed E-state index contributed by atoms with van der Waals surface area (Å²) in [5, 5.41) is 0. The number of hydrogen-bond acceptors (Lipinski definition) is 5. The van der Waals surface area contributed by atoms with Gasteiger partial charge in [0.1, 0.15) is 5.82 Å². The molecule has 0 aliphatic carbocycles. The third-order valence-corrected chi connectivity index (χ3v) is 4.62. The highest BCUT2D eigenvalue weighted by Crippen LogP contribution is 2.30. The van der Waals surface area contributed by atoms with E-state index in [1.54, 1.807) is 12.1 Å². The molecule has 2 aromatic rings. The number of sulfonamides is 1. The first kappa shape index (κ1) is 15.0. The topological polar surface area (TPSA) is 85.5 Å². The summed E-state index contributed by atoms with van der Waals surface area (Å²) in [6.45, 7) is 0. The quantitative estimate of drug-likeness (QED) is 0.868. The summed E-state index contributed by atoms with van der Waals surface area (Å²) in [6, 6.07) is 6.85. The number of ether oxygens (including phenoxy) is 1. The maximum absolute atomic E-state index is 13.8. The molecule has 0 saturated heterocycles. The molecule has 0 aliphatic heterocycles. The highest BCUT2D eigenvalue weighted by Gasteiger charge is 2.24. The summed E-state index contributed by atoms with van der Waals surface area (Å²) >= 11 is 0. The molecule has 8 heteroatoms. The lowest BCUT2D eigenvalue weighted by Gasteiger charge is -2.19. The first-order chi connectivity index (χ1) is 9.87. The van der Waals surface area contributed by atoms with Gasteiger partial charge in [-0.1, -0.05) is 6.07 Å². The number of pyridine rings is 1. The Morgan fingerprint density at radius 3 is 2.57 bits per heavy atom. The monoisotopic (exact) mass is 311 g/mol. The van der Waals surface area contributed by atoms with Gasteiger partial charge in [-0.2, -0.15) is 0 Å². The molecular weight excluding hydrogens is 297 g/mol. The van der Waals surface area contributed by atoms with Gasteiger partial charge in [0.05, 0.1) is 17.7 Å². The van der Waals surface area contributed by atoms with E-state index in [0.29, 0.717) is 0 Å². The Balaban J connectivity index is 2.50. The Morgan fingerprint density at radius 2 is 2.05 bits per heavy atom. The molecule has 1 aromatic carbocycles. The smallest absolute Gasteiger partial charge is 0.265 e. The van der Waals surface area contributed by atoms with E-state index in [9.17, 15) is 12.8 Å². The van der Waals surface area contributed by atoms with Crippen molar-refractivity contribution < 1.29 is 17.5 Å². The second-order valence-corrected chi connectivity index (χ2v) is 6.16. The minimum Gasteiger partial charge on any atom is -0.492 e. The summed E-state index contributed by atoms with van der Waals surface area (Å²) < 4.78 is 44.4.